The van der Waals surface area contributed by atoms with Crippen molar-refractivity contribution < 1.29 is 17.6 Å². The number of carbonyl (C=O) groups is 1. The molecule has 2 aromatic carbocycles. The Kier molecular flexibility index (Phi) is 4.08. The van der Waals surface area contributed by atoms with Crippen molar-refractivity contribution in [2.45, 2.75) is 29.7 Å². The van der Waals surface area contributed by atoms with E-state index in [0.29, 0.717) is 24.9 Å². The minimum atomic E-state index is -3.71. The highest BCUT2D eigenvalue weighted by molar-refractivity contribution is 7.89. The zero-order chi connectivity index (χ0) is 18.4. The lowest BCUT2D eigenvalue weighted by Gasteiger charge is -2.29. The number of benzene rings is 2. The third kappa shape index (κ3) is 2.91. The van der Waals surface area contributed by atoms with E-state index in [1.54, 1.807) is 6.07 Å². The molecule has 1 N–H and O–H groups in total. The van der Waals surface area contributed by atoms with Crippen LogP contribution >= 0.6 is 0 Å². The van der Waals surface area contributed by atoms with Gasteiger partial charge >= 0.3 is 0 Å². The van der Waals surface area contributed by atoms with Gasteiger partial charge in [-0.2, -0.15) is 4.31 Å². The minimum absolute atomic E-state index is 0.0687. The van der Waals surface area contributed by atoms with Gasteiger partial charge in [0, 0.05) is 18.7 Å². The Morgan fingerprint density at radius 1 is 1.04 bits per heavy atom. The number of aryl methyl sites for hydroxylation is 1. The smallest absolute Gasteiger partial charge is 0.252 e. The Morgan fingerprint density at radius 2 is 1.77 bits per heavy atom. The van der Waals surface area contributed by atoms with Crippen LogP contribution in [0.4, 0.5) is 4.39 Å². The fraction of sp³-hybridized carbons (Fsp3) is 0.316. The summed E-state index contributed by atoms with van der Waals surface area (Å²) in [4.78, 5) is 12.7. The SMILES string of the molecule is O=C1NC2(CCc3ccccc31)CCN(S(=O)(=O)c1ccc(F)cc1)C2. The van der Waals surface area contributed by atoms with Crippen LogP contribution in [0.3, 0.4) is 0 Å². The molecule has 1 atom stereocenters. The van der Waals surface area contributed by atoms with Gasteiger partial charge in [0.15, 0.2) is 0 Å². The summed E-state index contributed by atoms with van der Waals surface area (Å²) in [6.45, 7) is 0.558. The third-order valence-electron chi connectivity index (χ3n) is 5.28. The van der Waals surface area contributed by atoms with Gasteiger partial charge < -0.3 is 5.32 Å². The lowest BCUT2D eigenvalue weighted by Crippen LogP contribution is -2.50. The molecule has 1 saturated heterocycles. The van der Waals surface area contributed by atoms with Crippen LogP contribution in [0.25, 0.3) is 0 Å². The summed E-state index contributed by atoms with van der Waals surface area (Å²) in [7, 11) is -3.71. The first-order valence-electron chi connectivity index (χ1n) is 8.56. The van der Waals surface area contributed by atoms with Crippen LogP contribution < -0.4 is 5.32 Å². The van der Waals surface area contributed by atoms with Gasteiger partial charge in [-0.3, -0.25) is 4.79 Å². The highest BCUT2D eigenvalue weighted by Gasteiger charge is 2.45. The normalized spacial score (nSPS) is 23.5. The van der Waals surface area contributed by atoms with Crippen molar-refractivity contribution in [2.24, 2.45) is 0 Å². The largest absolute Gasteiger partial charge is 0.345 e. The Balaban J connectivity index is 1.58. The molecule has 5 nitrogen and oxygen atoms in total. The monoisotopic (exact) mass is 374 g/mol. The maximum absolute atomic E-state index is 13.1. The number of rotatable bonds is 2. The van der Waals surface area contributed by atoms with Crippen molar-refractivity contribution >= 4 is 15.9 Å². The van der Waals surface area contributed by atoms with E-state index in [0.717, 1.165) is 24.1 Å². The number of nitrogens with zero attached hydrogens (tertiary/aromatic N) is 1. The molecule has 0 radical (unpaired) electrons. The average molecular weight is 374 g/mol. The van der Waals surface area contributed by atoms with Gasteiger partial charge in [-0.15, -0.1) is 0 Å². The lowest BCUT2D eigenvalue weighted by molar-refractivity contribution is 0.0906. The average Bonchev–Trinajstić information content (AvgIpc) is 2.99. The molecule has 2 aliphatic heterocycles. The molecule has 4 rings (SSSR count). The zero-order valence-corrected chi connectivity index (χ0v) is 14.9. The number of nitrogens with one attached hydrogen (secondary N) is 1. The van der Waals surface area contributed by atoms with Gasteiger partial charge in [-0.05, 0) is 55.2 Å². The van der Waals surface area contributed by atoms with Crippen LogP contribution in [-0.2, 0) is 16.4 Å². The Hall–Kier alpha value is -2.25. The number of amides is 1. The first kappa shape index (κ1) is 17.2. The number of sulfonamides is 1. The molecule has 1 spiro atoms. The summed E-state index contributed by atoms with van der Waals surface area (Å²) in [6.07, 6.45) is 1.97. The summed E-state index contributed by atoms with van der Waals surface area (Å²) < 4.78 is 40.2. The van der Waals surface area contributed by atoms with Gasteiger partial charge in [0.25, 0.3) is 5.91 Å². The minimum Gasteiger partial charge on any atom is -0.345 e. The van der Waals surface area contributed by atoms with Crippen molar-refractivity contribution in [1.82, 2.24) is 9.62 Å². The predicted molar refractivity (Wildman–Crippen MR) is 94.7 cm³/mol. The second-order valence-electron chi connectivity index (χ2n) is 6.93. The van der Waals surface area contributed by atoms with Gasteiger partial charge in [0.2, 0.25) is 10.0 Å². The molecule has 1 amide bonds. The molecular formula is C19H19FN2O3S. The van der Waals surface area contributed by atoms with Crippen LogP contribution in [0.15, 0.2) is 53.4 Å². The fourth-order valence-electron chi connectivity index (χ4n) is 3.81. The maximum atomic E-state index is 13.1. The Morgan fingerprint density at radius 3 is 2.54 bits per heavy atom. The highest BCUT2D eigenvalue weighted by atomic mass is 32.2. The van der Waals surface area contributed by atoms with Crippen molar-refractivity contribution in [3.05, 3.63) is 65.5 Å². The van der Waals surface area contributed by atoms with Crippen molar-refractivity contribution in [3.8, 4) is 0 Å². The predicted octanol–water partition coefficient (Wildman–Crippen LogP) is 2.34. The lowest BCUT2D eigenvalue weighted by atomic mass is 9.92. The molecule has 1 unspecified atom stereocenters. The molecule has 7 heteroatoms. The molecule has 0 saturated carbocycles. The number of hydrogen-bond acceptors (Lipinski definition) is 3. The standard InChI is InChI=1S/C19H19FN2O3S/c20-15-5-7-16(8-6-15)26(24,25)22-12-11-19(13-22)10-9-14-3-1-2-4-17(14)18(23)21-19/h1-8H,9-13H2,(H,21,23). The van der Waals surface area contributed by atoms with Crippen LogP contribution in [0.1, 0.15) is 28.8 Å². The van der Waals surface area contributed by atoms with Gasteiger partial charge in [-0.25, -0.2) is 12.8 Å². The first-order valence-corrected chi connectivity index (χ1v) is 10.00. The second-order valence-corrected chi connectivity index (χ2v) is 8.87. The van der Waals surface area contributed by atoms with E-state index in [-0.39, 0.29) is 17.3 Å². The molecule has 2 heterocycles. The van der Waals surface area contributed by atoms with E-state index < -0.39 is 21.4 Å². The van der Waals surface area contributed by atoms with E-state index >= 15 is 0 Å². The second kappa shape index (κ2) is 6.17. The number of halogens is 1. The Bertz CT molecular complexity index is 959. The topological polar surface area (TPSA) is 66.5 Å². The molecule has 0 bridgehead atoms. The molecule has 26 heavy (non-hydrogen) atoms. The van der Waals surface area contributed by atoms with Gasteiger partial charge in [-0.1, -0.05) is 18.2 Å². The van der Waals surface area contributed by atoms with Crippen molar-refractivity contribution in [2.75, 3.05) is 13.1 Å². The first-order chi connectivity index (χ1) is 12.4. The summed E-state index contributed by atoms with van der Waals surface area (Å²) in [5.74, 6) is -0.630. The van der Waals surface area contributed by atoms with Crippen LogP contribution in [-0.4, -0.2) is 37.3 Å². The molecule has 2 aromatic rings. The van der Waals surface area contributed by atoms with E-state index in [9.17, 15) is 17.6 Å². The fourth-order valence-corrected chi connectivity index (χ4v) is 5.33. The van der Waals surface area contributed by atoms with Crippen LogP contribution in [0, 0.1) is 5.82 Å². The Labute approximate surface area is 151 Å². The van der Waals surface area contributed by atoms with E-state index in [1.165, 1.54) is 16.4 Å². The van der Waals surface area contributed by atoms with Crippen LogP contribution in [0.5, 0.6) is 0 Å². The molecule has 0 aromatic heterocycles. The quantitative estimate of drug-likeness (QED) is 0.877. The molecule has 2 aliphatic rings. The van der Waals surface area contributed by atoms with E-state index in [1.807, 2.05) is 18.2 Å². The summed E-state index contributed by atoms with van der Waals surface area (Å²) in [5, 5.41) is 3.07. The molecule has 1 fully saturated rings. The number of carbonyl (C=O) groups excluding carboxylic acids is 1. The summed E-state index contributed by atoms with van der Waals surface area (Å²) in [5.41, 5.74) is 1.08. The molecule has 0 aliphatic carbocycles. The number of fused-ring (bicyclic) bond motifs is 1. The maximum Gasteiger partial charge on any atom is 0.252 e. The summed E-state index contributed by atoms with van der Waals surface area (Å²) >= 11 is 0. The molecule has 136 valence electrons. The third-order valence-corrected chi connectivity index (χ3v) is 7.14. The van der Waals surface area contributed by atoms with E-state index in [4.69, 9.17) is 0 Å². The summed E-state index contributed by atoms with van der Waals surface area (Å²) in [6, 6.07) is 12.3. The zero-order valence-electron chi connectivity index (χ0n) is 14.1. The van der Waals surface area contributed by atoms with Gasteiger partial charge in [0.1, 0.15) is 5.82 Å². The number of hydrogen-bond donors (Lipinski definition) is 1. The van der Waals surface area contributed by atoms with E-state index in [2.05, 4.69) is 5.32 Å². The molecular weight excluding hydrogens is 355 g/mol. The highest BCUT2D eigenvalue weighted by Crippen LogP contribution is 2.33. The van der Waals surface area contributed by atoms with Gasteiger partial charge in [0.05, 0.1) is 10.4 Å². The van der Waals surface area contributed by atoms with Crippen LogP contribution in [0.2, 0.25) is 0 Å². The van der Waals surface area contributed by atoms with Crippen molar-refractivity contribution in [3.63, 3.8) is 0 Å². The van der Waals surface area contributed by atoms with Crippen molar-refractivity contribution in [1.29, 1.82) is 0 Å².